The summed E-state index contributed by atoms with van der Waals surface area (Å²) in [6.45, 7) is 6.96. The molecule has 7 nitrogen and oxygen atoms in total. The summed E-state index contributed by atoms with van der Waals surface area (Å²) in [4.78, 5) is 21.7. The molecule has 0 aliphatic heterocycles. The summed E-state index contributed by atoms with van der Waals surface area (Å²) in [5, 5.41) is 5.99. The standard InChI is InChI=1S/C13H24N6O/c1-5-6-15-10-7-11(18-13(14)17-10)19(4)8-12(20)16-9(2)3/h7,9H,5-6,8H2,1-4H3,(H,16,20)(H3,14,15,17,18). The van der Waals surface area contributed by atoms with Gasteiger partial charge in [0, 0.05) is 25.7 Å². The predicted octanol–water partition coefficient (Wildman–Crippen LogP) is 0.842. The number of carbonyl (C=O) groups is 1. The van der Waals surface area contributed by atoms with E-state index in [1.54, 1.807) is 18.0 Å². The van der Waals surface area contributed by atoms with Crippen molar-refractivity contribution in [1.82, 2.24) is 15.3 Å². The fraction of sp³-hybridized carbons (Fsp3) is 0.615. The van der Waals surface area contributed by atoms with E-state index in [0.29, 0.717) is 11.6 Å². The predicted molar refractivity (Wildman–Crippen MR) is 81.8 cm³/mol. The Labute approximate surface area is 120 Å². The highest BCUT2D eigenvalue weighted by atomic mass is 16.2. The maximum absolute atomic E-state index is 11.7. The summed E-state index contributed by atoms with van der Waals surface area (Å²) in [5.41, 5.74) is 5.69. The number of likely N-dealkylation sites (N-methyl/N-ethyl adjacent to an activating group) is 1. The quantitative estimate of drug-likeness (QED) is 0.685. The van der Waals surface area contributed by atoms with Gasteiger partial charge in [-0.1, -0.05) is 6.92 Å². The van der Waals surface area contributed by atoms with Gasteiger partial charge in [0.05, 0.1) is 6.54 Å². The zero-order valence-electron chi connectivity index (χ0n) is 12.6. The molecule has 0 fully saturated rings. The van der Waals surface area contributed by atoms with Gasteiger partial charge in [-0.15, -0.1) is 0 Å². The number of amides is 1. The SMILES string of the molecule is CCCNc1cc(N(C)CC(=O)NC(C)C)nc(N)n1. The first-order valence-corrected chi connectivity index (χ1v) is 6.81. The summed E-state index contributed by atoms with van der Waals surface area (Å²) in [6.07, 6.45) is 0.992. The highest BCUT2D eigenvalue weighted by Gasteiger charge is 2.11. The third kappa shape index (κ3) is 5.29. The van der Waals surface area contributed by atoms with Gasteiger partial charge in [0.15, 0.2) is 0 Å². The molecule has 0 atom stereocenters. The maximum atomic E-state index is 11.7. The van der Waals surface area contributed by atoms with Crippen LogP contribution in [0.3, 0.4) is 0 Å². The Kier molecular flexibility index (Phi) is 6.02. The van der Waals surface area contributed by atoms with Crippen LogP contribution in [0.25, 0.3) is 0 Å². The molecule has 0 unspecified atom stereocenters. The van der Waals surface area contributed by atoms with Gasteiger partial charge >= 0.3 is 0 Å². The molecule has 1 aromatic rings. The number of anilines is 3. The van der Waals surface area contributed by atoms with E-state index in [4.69, 9.17) is 5.73 Å². The molecule has 20 heavy (non-hydrogen) atoms. The van der Waals surface area contributed by atoms with Gasteiger partial charge < -0.3 is 21.3 Å². The fourth-order valence-corrected chi connectivity index (χ4v) is 1.66. The molecule has 7 heteroatoms. The second-order valence-corrected chi connectivity index (χ2v) is 4.97. The summed E-state index contributed by atoms with van der Waals surface area (Å²) in [7, 11) is 1.80. The van der Waals surface area contributed by atoms with Gasteiger partial charge in [0.1, 0.15) is 11.6 Å². The zero-order valence-corrected chi connectivity index (χ0v) is 12.6. The van der Waals surface area contributed by atoms with Crippen LogP contribution >= 0.6 is 0 Å². The van der Waals surface area contributed by atoms with Gasteiger partial charge in [0.25, 0.3) is 0 Å². The summed E-state index contributed by atoms with van der Waals surface area (Å²) < 4.78 is 0. The number of nitrogens with two attached hydrogens (primary N) is 1. The van der Waals surface area contributed by atoms with Gasteiger partial charge in [-0.05, 0) is 20.3 Å². The summed E-state index contributed by atoms with van der Waals surface area (Å²) in [6, 6.07) is 1.91. The second kappa shape index (κ2) is 7.52. The zero-order chi connectivity index (χ0) is 15.1. The van der Waals surface area contributed by atoms with E-state index in [-0.39, 0.29) is 24.4 Å². The summed E-state index contributed by atoms with van der Waals surface area (Å²) in [5.74, 6) is 1.43. The molecule has 0 aliphatic rings. The lowest BCUT2D eigenvalue weighted by Gasteiger charge is -2.19. The molecular formula is C13H24N6O. The lowest BCUT2D eigenvalue weighted by molar-refractivity contribution is -0.120. The van der Waals surface area contributed by atoms with Crippen molar-refractivity contribution in [2.75, 3.05) is 36.1 Å². The number of hydrogen-bond donors (Lipinski definition) is 3. The molecule has 112 valence electrons. The van der Waals surface area contributed by atoms with E-state index in [1.807, 2.05) is 13.8 Å². The van der Waals surface area contributed by atoms with Gasteiger partial charge in [0.2, 0.25) is 11.9 Å². The third-order valence-electron chi connectivity index (χ3n) is 2.51. The largest absolute Gasteiger partial charge is 0.370 e. The molecule has 0 saturated carbocycles. The van der Waals surface area contributed by atoms with E-state index < -0.39 is 0 Å². The van der Waals surface area contributed by atoms with Crippen molar-refractivity contribution in [3.63, 3.8) is 0 Å². The van der Waals surface area contributed by atoms with Crippen molar-refractivity contribution in [3.8, 4) is 0 Å². The number of hydrogen-bond acceptors (Lipinski definition) is 6. The minimum absolute atomic E-state index is 0.0530. The fourth-order valence-electron chi connectivity index (χ4n) is 1.66. The molecular weight excluding hydrogens is 256 g/mol. The first kappa shape index (κ1) is 16.0. The van der Waals surface area contributed by atoms with Crippen LogP contribution in [0.4, 0.5) is 17.6 Å². The van der Waals surface area contributed by atoms with Crippen LogP contribution in [0.1, 0.15) is 27.2 Å². The average Bonchev–Trinajstić information content (AvgIpc) is 2.34. The van der Waals surface area contributed by atoms with Crippen LogP contribution in [0.15, 0.2) is 6.07 Å². The number of nitrogens with zero attached hydrogens (tertiary/aromatic N) is 3. The van der Waals surface area contributed by atoms with Gasteiger partial charge in [-0.2, -0.15) is 9.97 Å². The first-order chi connectivity index (χ1) is 9.42. The average molecular weight is 280 g/mol. The van der Waals surface area contributed by atoms with Crippen molar-refractivity contribution in [3.05, 3.63) is 6.07 Å². The molecule has 1 aromatic heterocycles. The molecule has 1 amide bonds. The lowest BCUT2D eigenvalue weighted by Crippen LogP contribution is -2.38. The van der Waals surface area contributed by atoms with E-state index >= 15 is 0 Å². The van der Waals surface area contributed by atoms with Crippen LogP contribution in [-0.4, -0.2) is 42.1 Å². The Hall–Kier alpha value is -2.05. The Morgan fingerprint density at radius 2 is 2.15 bits per heavy atom. The molecule has 0 bridgehead atoms. The maximum Gasteiger partial charge on any atom is 0.239 e. The van der Waals surface area contributed by atoms with Crippen molar-refractivity contribution in [2.24, 2.45) is 0 Å². The van der Waals surface area contributed by atoms with Gasteiger partial charge in [-0.3, -0.25) is 4.79 Å². The Morgan fingerprint density at radius 3 is 2.75 bits per heavy atom. The molecule has 0 saturated heterocycles. The van der Waals surface area contributed by atoms with E-state index in [1.165, 1.54) is 0 Å². The molecule has 0 radical (unpaired) electrons. The van der Waals surface area contributed by atoms with Crippen molar-refractivity contribution < 1.29 is 4.79 Å². The van der Waals surface area contributed by atoms with Gasteiger partial charge in [-0.25, -0.2) is 0 Å². The number of aromatic nitrogens is 2. The van der Waals surface area contributed by atoms with Crippen molar-refractivity contribution in [1.29, 1.82) is 0 Å². The highest BCUT2D eigenvalue weighted by Crippen LogP contribution is 2.15. The molecule has 0 aliphatic carbocycles. The van der Waals surface area contributed by atoms with E-state index in [2.05, 4.69) is 27.5 Å². The monoisotopic (exact) mass is 280 g/mol. The van der Waals surface area contributed by atoms with Crippen molar-refractivity contribution in [2.45, 2.75) is 33.2 Å². The summed E-state index contributed by atoms with van der Waals surface area (Å²) >= 11 is 0. The number of nitrogen functional groups attached to an aromatic ring is 1. The Morgan fingerprint density at radius 1 is 1.45 bits per heavy atom. The smallest absolute Gasteiger partial charge is 0.239 e. The van der Waals surface area contributed by atoms with Crippen LogP contribution in [-0.2, 0) is 4.79 Å². The van der Waals surface area contributed by atoms with E-state index in [9.17, 15) is 4.79 Å². The number of carbonyl (C=O) groups excluding carboxylic acids is 1. The van der Waals surface area contributed by atoms with Crippen molar-refractivity contribution >= 4 is 23.5 Å². The van der Waals surface area contributed by atoms with Crippen LogP contribution < -0.4 is 21.3 Å². The molecule has 1 heterocycles. The number of nitrogens with one attached hydrogen (secondary N) is 2. The molecule has 4 N–H and O–H groups in total. The third-order valence-corrected chi connectivity index (χ3v) is 2.51. The lowest BCUT2D eigenvalue weighted by atomic mass is 10.3. The molecule has 1 rings (SSSR count). The number of rotatable bonds is 7. The molecule has 0 aromatic carbocycles. The Balaban J connectivity index is 2.73. The van der Waals surface area contributed by atoms with Crippen LogP contribution in [0, 0.1) is 0 Å². The highest BCUT2D eigenvalue weighted by molar-refractivity contribution is 5.81. The minimum Gasteiger partial charge on any atom is -0.370 e. The Bertz CT molecular complexity index is 448. The van der Waals surface area contributed by atoms with E-state index in [0.717, 1.165) is 13.0 Å². The minimum atomic E-state index is -0.0530. The first-order valence-electron chi connectivity index (χ1n) is 6.81. The molecule has 0 spiro atoms. The topological polar surface area (TPSA) is 96.2 Å². The van der Waals surface area contributed by atoms with Crippen LogP contribution in [0.5, 0.6) is 0 Å². The van der Waals surface area contributed by atoms with Crippen LogP contribution in [0.2, 0.25) is 0 Å². The second-order valence-electron chi connectivity index (χ2n) is 4.97. The normalized spacial score (nSPS) is 10.4.